The third-order valence-corrected chi connectivity index (χ3v) is 5.28. The van der Waals surface area contributed by atoms with Gasteiger partial charge in [0.25, 0.3) is 0 Å². The van der Waals surface area contributed by atoms with E-state index < -0.39 is 42.0 Å². The van der Waals surface area contributed by atoms with Crippen LogP contribution < -0.4 is 21.3 Å². The van der Waals surface area contributed by atoms with E-state index in [1.54, 1.807) is 13.8 Å². The topological polar surface area (TPSA) is 186 Å². The standard InChI is InChI=1S/C20H32N6O6/c1-10(2)15(25-17(28)13-5-4-6-22-13)19(30)24-14(7-12-8-21-9-23-12)18(29)26-16(11(3)27)20(31)32/h8-11,13-16,22,27H,4-7H2,1-3H3,(H,21,23)(H,24,30)(H,25,28)(H,26,29)(H,31,32). The maximum absolute atomic E-state index is 13.0. The van der Waals surface area contributed by atoms with Gasteiger partial charge >= 0.3 is 5.97 Å². The number of nitrogens with one attached hydrogen (secondary N) is 5. The van der Waals surface area contributed by atoms with Crippen molar-refractivity contribution < 1.29 is 29.4 Å². The van der Waals surface area contributed by atoms with E-state index in [4.69, 9.17) is 0 Å². The van der Waals surface area contributed by atoms with Crippen LogP contribution in [0.15, 0.2) is 12.5 Å². The Hall–Kier alpha value is -2.99. The first-order valence-electron chi connectivity index (χ1n) is 10.6. The third kappa shape index (κ3) is 7.02. The first-order valence-corrected chi connectivity index (χ1v) is 10.6. The SMILES string of the molecule is CC(C)C(NC(=O)C1CCCN1)C(=O)NC(Cc1cnc[nH]1)C(=O)NC(C(=O)O)C(C)O. The Morgan fingerprint density at radius 1 is 1.12 bits per heavy atom. The van der Waals surface area contributed by atoms with Gasteiger partial charge in [-0.05, 0) is 32.2 Å². The fraction of sp³-hybridized carbons (Fsp3) is 0.650. The number of carbonyl (C=O) groups is 4. The molecule has 0 aromatic carbocycles. The van der Waals surface area contributed by atoms with Crippen molar-refractivity contribution in [3.63, 3.8) is 0 Å². The van der Waals surface area contributed by atoms with Gasteiger partial charge in [-0.3, -0.25) is 14.4 Å². The number of imidazole rings is 1. The summed E-state index contributed by atoms with van der Waals surface area (Å²) in [6, 6.07) is -3.96. The second-order valence-electron chi connectivity index (χ2n) is 8.29. The summed E-state index contributed by atoms with van der Waals surface area (Å²) in [5.41, 5.74) is 0.537. The van der Waals surface area contributed by atoms with Crippen LogP contribution in [0.25, 0.3) is 0 Å². The molecule has 12 nitrogen and oxygen atoms in total. The van der Waals surface area contributed by atoms with Crippen LogP contribution in [0.5, 0.6) is 0 Å². The molecule has 7 N–H and O–H groups in total. The van der Waals surface area contributed by atoms with Gasteiger partial charge in [-0.2, -0.15) is 0 Å². The number of rotatable bonds is 11. The molecule has 0 radical (unpaired) electrons. The zero-order valence-corrected chi connectivity index (χ0v) is 18.4. The van der Waals surface area contributed by atoms with E-state index in [1.807, 2.05) is 0 Å². The molecule has 0 aliphatic carbocycles. The Morgan fingerprint density at radius 2 is 1.84 bits per heavy atom. The molecule has 2 rings (SSSR count). The number of carboxylic acid groups (broad SMARTS) is 1. The number of aliphatic hydroxyl groups excluding tert-OH is 1. The van der Waals surface area contributed by atoms with Crippen molar-refractivity contribution >= 4 is 23.7 Å². The third-order valence-electron chi connectivity index (χ3n) is 5.28. The Bertz CT molecular complexity index is 791. The predicted octanol–water partition coefficient (Wildman–Crippen LogP) is -1.72. The maximum atomic E-state index is 13.0. The van der Waals surface area contributed by atoms with Gasteiger partial charge in [-0.1, -0.05) is 13.8 Å². The lowest BCUT2D eigenvalue weighted by Crippen LogP contribution is -2.59. The van der Waals surface area contributed by atoms with Crippen LogP contribution in [-0.2, 0) is 25.6 Å². The highest BCUT2D eigenvalue weighted by Crippen LogP contribution is 2.09. The molecule has 1 aliphatic rings. The summed E-state index contributed by atoms with van der Waals surface area (Å²) >= 11 is 0. The molecule has 1 saturated heterocycles. The van der Waals surface area contributed by atoms with Gasteiger partial charge in [0.2, 0.25) is 17.7 Å². The Labute approximate surface area is 185 Å². The van der Waals surface area contributed by atoms with Crippen LogP contribution in [-0.4, -0.2) is 80.7 Å². The van der Waals surface area contributed by atoms with Crippen LogP contribution in [0.2, 0.25) is 0 Å². The monoisotopic (exact) mass is 452 g/mol. The van der Waals surface area contributed by atoms with Gasteiger partial charge in [0, 0.05) is 18.3 Å². The molecule has 1 aromatic heterocycles. The largest absolute Gasteiger partial charge is 0.480 e. The highest BCUT2D eigenvalue weighted by atomic mass is 16.4. The molecule has 5 unspecified atom stereocenters. The van der Waals surface area contributed by atoms with Crippen molar-refractivity contribution in [1.82, 2.24) is 31.2 Å². The number of nitrogens with zero attached hydrogens (tertiary/aromatic N) is 1. The normalized spacial score (nSPS) is 19.6. The number of aromatic nitrogens is 2. The summed E-state index contributed by atoms with van der Waals surface area (Å²) in [7, 11) is 0. The summed E-state index contributed by atoms with van der Waals surface area (Å²) in [6.07, 6.45) is 3.10. The molecule has 0 saturated carbocycles. The molecule has 12 heteroatoms. The quantitative estimate of drug-likeness (QED) is 0.207. The lowest BCUT2D eigenvalue weighted by atomic mass is 10.0. The van der Waals surface area contributed by atoms with E-state index in [0.717, 1.165) is 13.0 Å². The molecule has 3 amide bonds. The average molecular weight is 453 g/mol. The smallest absolute Gasteiger partial charge is 0.328 e. The van der Waals surface area contributed by atoms with Crippen LogP contribution >= 0.6 is 0 Å². The molecule has 0 bridgehead atoms. The minimum atomic E-state index is -1.54. The van der Waals surface area contributed by atoms with E-state index in [9.17, 15) is 29.4 Å². The number of H-pyrrole nitrogens is 1. The molecule has 5 atom stereocenters. The minimum absolute atomic E-state index is 0.00661. The van der Waals surface area contributed by atoms with Crippen LogP contribution in [0.4, 0.5) is 0 Å². The number of aromatic amines is 1. The van der Waals surface area contributed by atoms with Crippen LogP contribution in [0.3, 0.4) is 0 Å². The molecule has 1 fully saturated rings. The van der Waals surface area contributed by atoms with Gasteiger partial charge in [0.1, 0.15) is 12.1 Å². The van der Waals surface area contributed by atoms with E-state index in [-0.39, 0.29) is 24.3 Å². The first-order chi connectivity index (χ1) is 15.1. The van der Waals surface area contributed by atoms with E-state index >= 15 is 0 Å². The molecule has 32 heavy (non-hydrogen) atoms. The van der Waals surface area contributed by atoms with Crippen molar-refractivity contribution in [3.8, 4) is 0 Å². The first kappa shape index (κ1) is 25.3. The highest BCUT2D eigenvalue weighted by molar-refractivity contribution is 5.94. The molecule has 178 valence electrons. The van der Waals surface area contributed by atoms with E-state index in [1.165, 1.54) is 19.4 Å². The number of aliphatic hydroxyl groups is 1. The van der Waals surface area contributed by atoms with Crippen molar-refractivity contribution in [3.05, 3.63) is 18.2 Å². The summed E-state index contributed by atoms with van der Waals surface area (Å²) < 4.78 is 0. The highest BCUT2D eigenvalue weighted by Gasteiger charge is 2.33. The molecular formula is C20H32N6O6. The Morgan fingerprint density at radius 3 is 2.34 bits per heavy atom. The van der Waals surface area contributed by atoms with Crippen molar-refractivity contribution in [2.75, 3.05) is 6.54 Å². The summed E-state index contributed by atoms with van der Waals surface area (Å²) in [4.78, 5) is 56.4. The summed E-state index contributed by atoms with van der Waals surface area (Å²) in [6.45, 7) is 5.51. The molecule has 1 aromatic rings. The summed E-state index contributed by atoms with van der Waals surface area (Å²) in [5.74, 6) is -3.31. The van der Waals surface area contributed by atoms with Crippen LogP contribution in [0.1, 0.15) is 39.3 Å². The van der Waals surface area contributed by atoms with Crippen molar-refractivity contribution in [2.24, 2.45) is 5.92 Å². The second-order valence-corrected chi connectivity index (χ2v) is 8.29. The van der Waals surface area contributed by atoms with E-state index in [2.05, 4.69) is 31.2 Å². The number of carbonyl (C=O) groups excluding carboxylic acids is 3. The fourth-order valence-corrected chi connectivity index (χ4v) is 3.43. The molecule has 0 spiro atoms. The van der Waals surface area contributed by atoms with Gasteiger partial charge in [0.15, 0.2) is 6.04 Å². The predicted molar refractivity (Wildman–Crippen MR) is 113 cm³/mol. The van der Waals surface area contributed by atoms with Gasteiger partial charge in [-0.25, -0.2) is 9.78 Å². The maximum Gasteiger partial charge on any atom is 0.328 e. The zero-order chi connectivity index (χ0) is 23.8. The van der Waals surface area contributed by atoms with Crippen molar-refractivity contribution in [2.45, 2.75) is 70.3 Å². The molecule has 2 heterocycles. The van der Waals surface area contributed by atoms with Crippen LogP contribution in [0, 0.1) is 5.92 Å². The minimum Gasteiger partial charge on any atom is -0.480 e. The van der Waals surface area contributed by atoms with Gasteiger partial charge in [-0.15, -0.1) is 0 Å². The number of amides is 3. The van der Waals surface area contributed by atoms with Gasteiger partial charge < -0.3 is 36.5 Å². The summed E-state index contributed by atoms with van der Waals surface area (Å²) in [5, 5.41) is 29.6. The lowest BCUT2D eigenvalue weighted by molar-refractivity contribution is -0.145. The Balaban J connectivity index is 2.14. The number of carboxylic acids is 1. The number of aliphatic carboxylic acids is 1. The fourth-order valence-electron chi connectivity index (χ4n) is 3.43. The Kier molecular flexibility index (Phi) is 9.14. The number of hydrogen-bond acceptors (Lipinski definition) is 7. The van der Waals surface area contributed by atoms with Gasteiger partial charge in [0.05, 0.1) is 18.5 Å². The van der Waals surface area contributed by atoms with E-state index in [0.29, 0.717) is 12.1 Å². The average Bonchev–Trinajstić information content (AvgIpc) is 3.42. The zero-order valence-electron chi connectivity index (χ0n) is 18.4. The molecular weight excluding hydrogens is 420 g/mol. The second kappa shape index (κ2) is 11.6. The number of hydrogen-bond donors (Lipinski definition) is 7. The van der Waals surface area contributed by atoms with Crippen molar-refractivity contribution in [1.29, 1.82) is 0 Å². The molecule has 1 aliphatic heterocycles. The lowest BCUT2D eigenvalue weighted by Gasteiger charge is -2.27.